The third-order valence-electron chi connectivity index (χ3n) is 3.02. The van der Waals surface area contributed by atoms with E-state index in [2.05, 4.69) is 15.6 Å². The predicted molar refractivity (Wildman–Crippen MR) is 86.8 cm³/mol. The number of amides is 2. The van der Waals surface area contributed by atoms with E-state index in [4.69, 9.17) is 4.74 Å². The number of anilines is 2. The normalized spacial score (nSPS) is 10.2. The largest absolute Gasteiger partial charge is 0.495 e. The summed E-state index contributed by atoms with van der Waals surface area (Å²) in [6.07, 6.45) is 0. The van der Waals surface area contributed by atoms with Crippen molar-refractivity contribution in [2.24, 2.45) is 0 Å². The fourth-order valence-corrected chi connectivity index (χ4v) is 2.64. The van der Waals surface area contributed by atoms with Crippen molar-refractivity contribution in [1.29, 1.82) is 0 Å². The van der Waals surface area contributed by atoms with Crippen LogP contribution in [-0.4, -0.2) is 23.9 Å². The first-order chi connectivity index (χ1) is 10.4. The Hall–Kier alpha value is -2.41. The summed E-state index contributed by atoms with van der Waals surface area (Å²) in [7, 11) is 1.50. The summed E-state index contributed by atoms with van der Waals surface area (Å²) in [6.45, 7) is 5.24. The molecular weight excluding hydrogens is 302 g/mol. The Kier molecular flexibility index (Phi) is 4.77. The van der Waals surface area contributed by atoms with Crippen LogP contribution in [-0.2, 0) is 4.79 Å². The van der Waals surface area contributed by atoms with Gasteiger partial charge in [-0.3, -0.25) is 14.9 Å². The molecule has 0 unspecified atom stereocenters. The molecule has 2 N–H and O–H groups in total. The summed E-state index contributed by atoms with van der Waals surface area (Å²) < 4.78 is 5.16. The Morgan fingerprint density at radius 3 is 2.50 bits per heavy atom. The molecule has 2 aromatic rings. The van der Waals surface area contributed by atoms with Crippen molar-refractivity contribution >= 4 is 34.0 Å². The van der Waals surface area contributed by atoms with E-state index >= 15 is 0 Å². The van der Waals surface area contributed by atoms with Gasteiger partial charge in [-0.15, -0.1) is 11.3 Å². The molecule has 1 aromatic carbocycles. The number of nitrogens with zero attached hydrogens (tertiary/aromatic N) is 1. The summed E-state index contributed by atoms with van der Waals surface area (Å²) in [5.74, 6) is -0.0299. The van der Waals surface area contributed by atoms with Crippen molar-refractivity contribution in [2.75, 3.05) is 17.7 Å². The van der Waals surface area contributed by atoms with E-state index in [0.717, 1.165) is 10.6 Å². The van der Waals surface area contributed by atoms with Gasteiger partial charge in [0.1, 0.15) is 5.75 Å². The van der Waals surface area contributed by atoms with Gasteiger partial charge in [0.15, 0.2) is 5.13 Å². The maximum atomic E-state index is 12.3. The SMILES string of the molecule is COc1ccc(C(=O)Nc2nc(C)c(C)s2)cc1NC(C)=O. The van der Waals surface area contributed by atoms with Crippen molar-refractivity contribution in [3.05, 3.63) is 34.3 Å². The minimum absolute atomic E-state index is 0.234. The van der Waals surface area contributed by atoms with Crippen molar-refractivity contribution in [3.63, 3.8) is 0 Å². The van der Waals surface area contributed by atoms with Crippen molar-refractivity contribution < 1.29 is 14.3 Å². The third-order valence-corrected chi connectivity index (χ3v) is 4.01. The number of hydrogen-bond donors (Lipinski definition) is 2. The first-order valence-corrected chi connectivity index (χ1v) is 7.43. The topological polar surface area (TPSA) is 80.3 Å². The number of hydrogen-bond acceptors (Lipinski definition) is 5. The van der Waals surface area contributed by atoms with E-state index < -0.39 is 0 Å². The van der Waals surface area contributed by atoms with Crippen molar-refractivity contribution in [2.45, 2.75) is 20.8 Å². The number of nitrogens with one attached hydrogen (secondary N) is 2. The quantitative estimate of drug-likeness (QED) is 0.908. The molecule has 116 valence electrons. The lowest BCUT2D eigenvalue weighted by molar-refractivity contribution is -0.114. The molecule has 0 aliphatic heterocycles. The average molecular weight is 319 g/mol. The molecule has 6 nitrogen and oxygen atoms in total. The summed E-state index contributed by atoms with van der Waals surface area (Å²) in [6, 6.07) is 4.84. The van der Waals surface area contributed by atoms with Gasteiger partial charge in [0.25, 0.3) is 5.91 Å². The second-order valence-electron chi connectivity index (χ2n) is 4.71. The second kappa shape index (κ2) is 6.57. The summed E-state index contributed by atoms with van der Waals surface area (Å²) in [5, 5.41) is 5.95. The lowest BCUT2D eigenvalue weighted by Gasteiger charge is -2.10. The highest BCUT2D eigenvalue weighted by Crippen LogP contribution is 2.27. The molecule has 2 rings (SSSR count). The zero-order chi connectivity index (χ0) is 16.3. The summed E-state index contributed by atoms with van der Waals surface area (Å²) >= 11 is 1.42. The molecule has 0 atom stereocenters. The first kappa shape index (κ1) is 16.0. The van der Waals surface area contributed by atoms with Gasteiger partial charge in [0.05, 0.1) is 18.5 Å². The van der Waals surface area contributed by atoms with Crippen LogP contribution >= 0.6 is 11.3 Å². The highest BCUT2D eigenvalue weighted by molar-refractivity contribution is 7.15. The van der Waals surface area contributed by atoms with Gasteiger partial charge >= 0.3 is 0 Å². The number of benzene rings is 1. The van der Waals surface area contributed by atoms with E-state index in [1.807, 2.05) is 13.8 Å². The maximum absolute atomic E-state index is 12.3. The smallest absolute Gasteiger partial charge is 0.257 e. The lowest BCUT2D eigenvalue weighted by atomic mass is 10.1. The van der Waals surface area contributed by atoms with Crippen LogP contribution in [0.2, 0.25) is 0 Å². The standard InChI is InChI=1S/C15H17N3O3S/c1-8-9(2)22-15(16-8)18-14(20)11-5-6-13(21-4)12(7-11)17-10(3)19/h5-7H,1-4H3,(H,17,19)(H,16,18,20). The molecule has 1 heterocycles. The van der Waals surface area contributed by atoms with Gasteiger partial charge in [-0.25, -0.2) is 4.98 Å². The van der Waals surface area contributed by atoms with Gasteiger partial charge < -0.3 is 10.1 Å². The molecule has 22 heavy (non-hydrogen) atoms. The van der Waals surface area contributed by atoms with Crippen molar-refractivity contribution in [1.82, 2.24) is 4.98 Å². The summed E-state index contributed by atoms with van der Waals surface area (Å²) in [4.78, 5) is 28.8. The van der Waals surface area contributed by atoms with E-state index in [9.17, 15) is 9.59 Å². The number of carbonyl (C=O) groups excluding carboxylic acids is 2. The molecule has 0 aliphatic rings. The molecule has 0 saturated heterocycles. The third kappa shape index (κ3) is 3.62. The van der Waals surface area contributed by atoms with Crippen LogP contribution in [0.15, 0.2) is 18.2 Å². The molecular formula is C15H17N3O3S. The zero-order valence-corrected chi connectivity index (χ0v) is 13.6. The Bertz CT molecular complexity index is 705. The average Bonchev–Trinajstić information content (AvgIpc) is 2.76. The Morgan fingerprint density at radius 2 is 1.95 bits per heavy atom. The van der Waals surface area contributed by atoms with Crippen LogP contribution in [0.3, 0.4) is 0 Å². The molecule has 0 saturated carbocycles. The predicted octanol–water partition coefficient (Wildman–Crippen LogP) is 2.98. The molecule has 7 heteroatoms. The van der Waals surface area contributed by atoms with Crippen LogP contribution in [0, 0.1) is 13.8 Å². The fraction of sp³-hybridized carbons (Fsp3) is 0.267. The minimum atomic E-state index is -0.289. The number of rotatable bonds is 4. The molecule has 0 bridgehead atoms. The monoisotopic (exact) mass is 319 g/mol. The lowest BCUT2D eigenvalue weighted by Crippen LogP contribution is -2.13. The van der Waals surface area contributed by atoms with Gasteiger partial charge in [0, 0.05) is 17.4 Å². The highest BCUT2D eigenvalue weighted by atomic mass is 32.1. The van der Waals surface area contributed by atoms with E-state index in [0.29, 0.717) is 22.1 Å². The molecule has 0 spiro atoms. The van der Waals surface area contributed by atoms with Crippen LogP contribution in [0.4, 0.5) is 10.8 Å². The van der Waals surface area contributed by atoms with Crippen molar-refractivity contribution in [3.8, 4) is 5.75 Å². The fourth-order valence-electron chi connectivity index (χ4n) is 1.83. The number of aromatic nitrogens is 1. The number of thiazole rings is 1. The zero-order valence-electron chi connectivity index (χ0n) is 12.8. The van der Waals surface area contributed by atoms with Crippen LogP contribution in [0.5, 0.6) is 5.75 Å². The number of carbonyl (C=O) groups is 2. The number of aryl methyl sites for hydroxylation is 2. The minimum Gasteiger partial charge on any atom is -0.495 e. The van der Waals surface area contributed by atoms with Gasteiger partial charge in [-0.05, 0) is 32.0 Å². The second-order valence-corrected chi connectivity index (χ2v) is 5.91. The summed E-state index contributed by atoms with van der Waals surface area (Å²) in [5.41, 5.74) is 1.76. The van der Waals surface area contributed by atoms with E-state index in [1.165, 1.54) is 25.4 Å². The Morgan fingerprint density at radius 1 is 1.23 bits per heavy atom. The molecule has 1 aromatic heterocycles. The van der Waals surface area contributed by atoms with Crippen LogP contribution in [0.25, 0.3) is 0 Å². The van der Waals surface area contributed by atoms with Gasteiger partial charge in [-0.1, -0.05) is 0 Å². The first-order valence-electron chi connectivity index (χ1n) is 6.61. The molecule has 0 fully saturated rings. The molecule has 0 aliphatic carbocycles. The maximum Gasteiger partial charge on any atom is 0.257 e. The van der Waals surface area contributed by atoms with Gasteiger partial charge in [0.2, 0.25) is 5.91 Å². The number of methoxy groups -OCH3 is 1. The Labute approximate surface area is 132 Å². The van der Waals surface area contributed by atoms with Gasteiger partial charge in [-0.2, -0.15) is 0 Å². The Balaban J connectivity index is 2.23. The molecule has 0 radical (unpaired) electrons. The molecule has 2 amide bonds. The van der Waals surface area contributed by atoms with Crippen LogP contribution in [0.1, 0.15) is 27.9 Å². The number of ether oxygens (including phenoxy) is 1. The van der Waals surface area contributed by atoms with Crippen LogP contribution < -0.4 is 15.4 Å². The van der Waals surface area contributed by atoms with E-state index in [1.54, 1.807) is 18.2 Å². The highest BCUT2D eigenvalue weighted by Gasteiger charge is 2.13. The van der Waals surface area contributed by atoms with E-state index in [-0.39, 0.29) is 11.8 Å².